The van der Waals surface area contributed by atoms with Crippen LogP contribution in [0.4, 0.5) is 10.2 Å². The van der Waals surface area contributed by atoms with Gasteiger partial charge in [0.1, 0.15) is 6.33 Å². The molecule has 1 aliphatic rings. The van der Waals surface area contributed by atoms with Gasteiger partial charge in [-0.05, 0) is 0 Å². The molecule has 1 aromatic rings. The van der Waals surface area contributed by atoms with Crippen LogP contribution in [0.3, 0.4) is 0 Å². The molecule has 0 saturated carbocycles. The lowest BCUT2D eigenvalue weighted by atomic mass is 10.3. The molecule has 0 radical (unpaired) electrons. The molecule has 1 saturated heterocycles. The SMILES string of the molecule is Fc1cncnc1NN=C1COC1. The number of halogens is 1. The van der Waals surface area contributed by atoms with Crippen molar-refractivity contribution in [2.24, 2.45) is 5.10 Å². The fourth-order valence-electron chi connectivity index (χ4n) is 0.785. The van der Waals surface area contributed by atoms with Crippen molar-refractivity contribution in [3.05, 3.63) is 18.3 Å². The Balaban J connectivity index is 2.05. The second-order valence-corrected chi connectivity index (χ2v) is 2.50. The number of anilines is 1. The maximum absolute atomic E-state index is 12.9. The van der Waals surface area contributed by atoms with Crippen molar-refractivity contribution >= 4 is 11.5 Å². The summed E-state index contributed by atoms with van der Waals surface area (Å²) in [6.45, 7) is 0.999. The van der Waals surface area contributed by atoms with Gasteiger partial charge in [0.25, 0.3) is 0 Å². The van der Waals surface area contributed by atoms with Crippen LogP contribution in [0.5, 0.6) is 0 Å². The zero-order chi connectivity index (χ0) is 9.10. The molecule has 1 aliphatic heterocycles. The van der Waals surface area contributed by atoms with Crippen molar-refractivity contribution in [2.45, 2.75) is 0 Å². The number of aromatic nitrogens is 2. The topological polar surface area (TPSA) is 59.4 Å². The molecule has 0 aromatic carbocycles. The van der Waals surface area contributed by atoms with Gasteiger partial charge in [0.15, 0.2) is 11.6 Å². The molecule has 6 heteroatoms. The lowest BCUT2D eigenvalue weighted by molar-refractivity contribution is 0.159. The quantitative estimate of drug-likeness (QED) is 0.673. The van der Waals surface area contributed by atoms with Crippen LogP contribution in [0, 0.1) is 5.82 Å². The molecule has 2 heterocycles. The molecule has 5 nitrogen and oxygen atoms in total. The van der Waals surface area contributed by atoms with E-state index in [-0.39, 0.29) is 5.82 Å². The lowest BCUT2D eigenvalue weighted by Gasteiger charge is -2.15. The van der Waals surface area contributed by atoms with Crippen LogP contribution in [-0.4, -0.2) is 28.9 Å². The number of rotatable bonds is 2. The summed E-state index contributed by atoms with van der Waals surface area (Å²) in [7, 11) is 0. The molecule has 68 valence electrons. The minimum Gasteiger partial charge on any atom is -0.369 e. The Hall–Kier alpha value is -1.56. The van der Waals surface area contributed by atoms with Gasteiger partial charge in [0.05, 0.1) is 25.1 Å². The number of nitrogens with zero attached hydrogens (tertiary/aromatic N) is 3. The molecule has 0 bridgehead atoms. The maximum Gasteiger partial charge on any atom is 0.185 e. The van der Waals surface area contributed by atoms with Crippen molar-refractivity contribution in [2.75, 3.05) is 18.6 Å². The van der Waals surface area contributed by atoms with Gasteiger partial charge in [-0.1, -0.05) is 0 Å². The monoisotopic (exact) mass is 182 g/mol. The summed E-state index contributed by atoms with van der Waals surface area (Å²) in [5.41, 5.74) is 3.34. The normalized spacial score (nSPS) is 15.0. The van der Waals surface area contributed by atoms with Crippen LogP contribution in [0.25, 0.3) is 0 Å². The molecular formula is C7H7FN4O. The van der Waals surface area contributed by atoms with E-state index in [0.29, 0.717) is 13.2 Å². The summed E-state index contributed by atoms with van der Waals surface area (Å²) in [5, 5.41) is 3.87. The summed E-state index contributed by atoms with van der Waals surface area (Å²) in [4.78, 5) is 7.17. The van der Waals surface area contributed by atoms with Crippen LogP contribution in [0.2, 0.25) is 0 Å². The van der Waals surface area contributed by atoms with Crippen molar-refractivity contribution in [3.63, 3.8) is 0 Å². The molecule has 1 N–H and O–H groups in total. The van der Waals surface area contributed by atoms with Gasteiger partial charge in [0.2, 0.25) is 0 Å². The van der Waals surface area contributed by atoms with E-state index in [1.165, 1.54) is 6.33 Å². The van der Waals surface area contributed by atoms with Crippen LogP contribution >= 0.6 is 0 Å². The highest BCUT2D eigenvalue weighted by atomic mass is 19.1. The van der Waals surface area contributed by atoms with Crippen LogP contribution < -0.4 is 5.43 Å². The predicted octanol–water partition coefficient (Wildman–Crippen LogP) is 0.414. The first-order valence-electron chi connectivity index (χ1n) is 3.71. The molecule has 0 spiro atoms. The smallest absolute Gasteiger partial charge is 0.185 e. The zero-order valence-corrected chi connectivity index (χ0v) is 6.70. The second kappa shape index (κ2) is 3.44. The molecule has 13 heavy (non-hydrogen) atoms. The average molecular weight is 182 g/mol. The first kappa shape index (κ1) is 8.06. The summed E-state index contributed by atoms with van der Waals surface area (Å²) in [6.07, 6.45) is 2.33. The molecular weight excluding hydrogens is 175 g/mol. The zero-order valence-electron chi connectivity index (χ0n) is 6.70. The minimum absolute atomic E-state index is 0.0781. The van der Waals surface area contributed by atoms with Crippen LogP contribution in [-0.2, 0) is 4.74 Å². The van der Waals surface area contributed by atoms with E-state index >= 15 is 0 Å². The standard InChI is InChI=1S/C7H7FN4O/c8-6-1-9-4-10-7(6)12-11-5-2-13-3-5/h1,4H,2-3H2,(H,9,10,12). The highest BCUT2D eigenvalue weighted by Crippen LogP contribution is 2.07. The molecule has 0 atom stereocenters. The van der Waals surface area contributed by atoms with Crippen LogP contribution in [0.15, 0.2) is 17.6 Å². The summed E-state index contributed by atoms with van der Waals surface area (Å²) in [5.74, 6) is -0.443. The molecule has 1 fully saturated rings. The van der Waals surface area contributed by atoms with Gasteiger partial charge in [-0.3, -0.25) is 5.43 Å². The van der Waals surface area contributed by atoms with E-state index in [1.54, 1.807) is 0 Å². The lowest BCUT2D eigenvalue weighted by Crippen LogP contribution is -2.28. The van der Waals surface area contributed by atoms with E-state index < -0.39 is 5.82 Å². The van der Waals surface area contributed by atoms with E-state index in [2.05, 4.69) is 20.5 Å². The third-order valence-electron chi connectivity index (χ3n) is 1.52. The van der Waals surface area contributed by atoms with Gasteiger partial charge < -0.3 is 4.74 Å². The fraction of sp³-hybridized carbons (Fsp3) is 0.286. The molecule has 0 aliphatic carbocycles. The Bertz CT molecular complexity index is 335. The highest BCUT2D eigenvalue weighted by Gasteiger charge is 2.10. The predicted molar refractivity (Wildman–Crippen MR) is 43.9 cm³/mol. The first-order chi connectivity index (χ1) is 6.36. The van der Waals surface area contributed by atoms with E-state index in [0.717, 1.165) is 11.9 Å². The van der Waals surface area contributed by atoms with E-state index in [9.17, 15) is 4.39 Å². The Kier molecular flexibility index (Phi) is 2.13. The third kappa shape index (κ3) is 1.78. The average Bonchev–Trinajstić information content (AvgIpc) is 2.05. The number of hydrogen-bond acceptors (Lipinski definition) is 5. The van der Waals surface area contributed by atoms with E-state index in [1.807, 2.05) is 0 Å². The van der Waals surface area contributed by atoms with E-state index in [4.69, 9.17) is 4.74 Å². The fourth-order valence-corrected chi connectivity index (χ4v) is 0.785. The van der Waals surface area contributed by atoms with Gasteiger partial charge in [0, 0.05) is 0 Å². The number of hydrogen-bond donors (Lipinski definition) is 1. The molecule has 0 unspecified atom stereocenters. The number of hydrazone groups is 1. The van der Waals surface area contributed by atoms with Crippen molar-refractivity contribution in [3.8, 4) is 0 Å². The Morgan fingerprint density at radius 1 is 1.54 bits per heavy atom. The Labute approximate surface area is 73.7 Å². The van der Waals surface area contributed by atoms with Crippen molar-refractivity contribution < 1.29 is 9.13 Å². The van der Waals surface area contributed by atoms with Gasteiger partial charge in [-0.15, -0.1) is 0 Å². The van der Waals surface area contributed by atoms with Gasteiger partial charge in [-0.2, -0.15) is 5.10 Å². The maximum atomic E-state index is 12.9. The summed E-state index contributed by atoms with van der Waals surface area (Å²) >= 11 is 0. The second-order valence-electron chi connectivity index (χ2n) is 2.50. The van der Waals surface area contributed by atoms with Gasteiger partial charge in [-0.25, -0.2) is 14.4 Å². The Morgan fingerprint density at radius 3 is 3.00 bits per heavy atom. The van der Waals surface area contributed by atoms with Crippen molar-refractivity contribution in [1.82, 2.24) is 9.97 Å². The summed E-state index contributed by atoms with van der Waals surface area (Å²) < 4.78 is 17.7. The number of ether oxygens (including phenoxy) is 1. The highest BCUT2D eigenvalue weighted by molar-refractivity contribution is 5.91. The third-order valence-corrected chi connectivity index (χ3v) is 1.52. The van der Waals surface area contributed by atoms with Crippen molar-refractivity contribution in [1.29, 1.82) is 0 Å². The molecule has 2 rings (SSSR count). The molecule has 0 amide bonds. The number of nitrogens with one attached hydrogen (secondary N) is 1. The van der Waals surface area contributed by atoms with Crippen LogP contribution in [0.1, 0.15) is 0 Å². The summed E-state index contributed by atoms with van der Waals surface area (Å²) in [6, 6.07) is 0. The Morgan fingerprint density at radius 2 is 2.38 bits per heavy atom. The largest absolute Gasteiger partial charge is 0.369 e. The first-order valence-corrected chi connectivity index (χ1v) is 3.71. The minimum atomic E-state index is -0.521. The molecule has 1 aromatic heterocycles. The van der Waals surface area contributed by atoms with Gasteiger partial charge >= 0.3 is 0 Å².